The fourth-order valence-corrected chi connectivity index (χ4v) is 2.69. The molecule has 120 valence electrons. The first-order valence-electron chi connectivity index (χ1n) is 6.57. The van der Waals surface area contributed by atoms with Crippen LogP contribution in [0.25, 0.3) is 0 Å². The lowest BCUT2D eigenvalue weighted by Crippen LogP contribution is -2.29. The van der Waals surface area contributed by atoms with Crippen molar-refractivity contribution in [1.82, 2.24) is 9.62 Å². The summed E-state index contributed by atoms with van der Waals surface area (Å²) < 4.78 is 45.2. The SMILES string of the molecule is CN(C)CCOCCNS(=O)(=O)c1cc(CN)ccc1F. The first kappa shape index (κ1) is 18.0. The minimum absolute atomic E-state index is 0.0854. The third-order valence-electron chi connectivity index (χ3n) is 2.74. The Bertz CT molecular complexity index is 550. The van der Waals surface area contributed by atoms with Gasteiger partial charge in [0.15, 0.2) is 0 Å². The number of halogens is 1. The van der Waals surface area contributed by atoms with Gasteiger partial charge in [0.05, 0.1) is 13.2 Å². The van der Waals surface area contributed by atoms with Crippen LogP contribution in [0.4, 0.5) is 4.39 Å². The van der Waals surface area contributed by atoms with Crippen LogP contribution in [0.15, 0.2) is 23.1 Å². The standard InChI is InChI=1S/C13H22FN3O3S/c1-17(2)6-8-20-7-5-16-21(18,19)13-9-11(10-15)3-4-12(13)14/h3-4,9,16H,5-8,10,15H2,1-2H3. The van der Waals surface area contributed by atoms with Gasteiger partial charge >= 0.3 is 0 Å². The molecule has 0 bridgehead atoms. The molecule has 0 atom stereocenters. The molecule has 1 aromatic rings. The molecule has 0 aromatic heterocycles. The highest BCUT2D eigenvalue weighted by molar-refractivity contribution is 7.89. The third kappa shape index (κ3) is 6.06. The lowest BCUT2D eigenvalue weighted by Gasteiger charge is -2.11. The van der Waals surface area contributed by atoms with Gasteiger partial charge in [-0.3, -0.25) is 0 Å². The maximum absolute atomic E-state index is 13.6. The summed E-state index contributed by atoms with van der Waals surface area (Å²) in [5, 5.41) is 0. The average Bonchev–Trinajstić information content (AvgIpc) is 2.42. The van der Waals surface area contributed by atoms with E-state index in [1.165, 1.54) is 12.1 Å². The summed E-state index contributed by atoms with van der Waals surface area (Å²) in [6.07, 6.45) is 0. The second kappa shape index (κ2) is 8.40. The normalized spacial score (nSPS) is 12.0. The number of nitrogens with zero attached hydrogens (tertiary/aromatic N) is 1. The molecular weight excluding hydrogens is 297 g/mol. The number of hydrogen-bond donors (Lipinski definition) is 2. The van der Waals surface area contributed by atoms with E-state index in [-0.39, 0.29) is 19.7 Å². The first-order chi connectivity index (χ1) is 9.86. The van der Waals surface area contributed by atoms with E-state index in [1.807, 2.05) is 19.0 Å². The largest absolute Gasteiger partial charge is 0.379 e. The van der Waals surface area contributed by atoms with Crippen molar-refractivity contribution in [2.24, 2.45) is 5.73 Å². The summed E-state index contributed by atoms with van der Waals surface area (Å²) in [6.45, 7) is 1.72. The van der Waals surface area contributed by atoms with Crippen molar-refractivity contribution < 1.29 is 17.5 Å². The summed E-state index contributed by atoms with van der Waals surface area (Å²) in [6, 6.07) is 3.80. The number of likely N-dealkylation sites (N-methyl/N-ethyl adjacent to an activating group) is 1. The predicted octanol–water partition coefficient (Wildman–Crippen LogP) is 0.141. The topological polar surface area (TPSA) is 84.7 Å². The zero-order chi connectivity index (χ0) is 15.9. The van der Waals surface area contributed by atoms with E-state index in [9.17, 15) is 12.8 Å². The Morgan fingerprint density at radius 1 is 1.33 bits per heavy atom. The van der Waals surface area contributed by atoms with Gasteiger partial charge in [-0.05, 0) is 31.8 Å². The van der Waals surface area contributed by atoms with Crippen LogP contribution in [-0.2, 0) is 21.3 Å². The van der Waals surface area contributed by atoms with Crippen LogP contribution in [0.5, 0.6) is 0 Å². The summed E-state index contributed by atoms with van der Waals surface area (Å²) in [7, 11) is -0.0661. The molecule has 0 saturated carbocycles. The van der Waals surface area contributed by atoms with E-state index < -0.39 is 20.7 Å². The van der Waals surface area contributed by atoms with E-state index in [2.05, 4.69) is 4.72 Å². The maximum atomic E-state index is 13.6. The molecule has 0 heterocycles. The zero-order valence-electron chi connectivity index (χ0n) is 12.3. The Morgan fingerprint density at radius 2 is 2.05 bits per heavy atom. The molecule has 3 N–H and O–H groups in total. The number of sulfonamides is 1. The molecule has 0 unspecified atom stereocenters. The lowest BCUT2D eigenvalue weighted by atomic mass is 10.2. The molecule has 21 heavy (non-hydrogen) atoms. The van der Waals surface area contributed by atoms with E-state index in [0.29, 0.717) is 12.2 Å². The average molecular weight is 319 g/mol. The van der Waals surface area contributed by atoms with Crippen molar-refractivity contribution in [2.75, 3.05) is 40.4 Å². The quantitative estimate of drug-likeness (QED) is 0.633. The fraction of sp³-hybridized carbons (Fsp3) is 0.538. The second-order valence-electron chi connectivity index (χ2n) is 4.78. The lowest BCUT2D eigenvalue weighted by molar-refractivity contribution is 0.122. The van der Waals surface area contributed by atoms with E-state index in [0.717, 1.165) is 12.6 Å². The Kier molecular flexibility index (Phi) is 7.20. The third-order valence-corrected chi connectivity index (χ3v) is 4.22. The van der Waals surface area contributed by atoms with Crippen LogP contribution in [0.3, 0.4) is 0 Å². The monoisotopic (exact) mass is 319 g/mol. The van der Waals surface area contributed by atoms with E-state index in [1.54, 1.807) is 0 Å². The maximum Gasteiger partial charge on any atom is 0.243 e. The minimum Gasteiger partial charge on any atom is -0.379 e. The van der Waals surface area contributed by atoms with Crippen LogP contribution in [-0.4, -0.2) is 53.7 Å². The summed E-state index contributed by atoms with van der Waals surface area (Å²) in [5.41, 5.74) is 5.98. The van der Waals surface area contributed by atoms with Crippen molar-refractivity contribution in [3.8, 4) is 0 Å². The zero-order valence-corrected chi connectivity index (χ0v) is 13.1. The molecule has 0 amide bonds. The highest BCUT2D eigenvalue weighted by Gasteiger charge is 2.18. The van der Waals surface area contributed by atoms with Crippen LogP contribution >= 0.6 is 0 Å². The Balaban J connectivity index is 2.54. The minimum atomic E-state index is -3.90. The highest BCUT2D eigenvalue weighted by atomic mass is 32.2. The number of rotatable bonds is 9. The molecule has 0 aliphatic heterocycles. The molecule has 0 saturated heterocycles. The van der Waals surface area contributed by atoms with E-state index >= 15 is 0 Å². The molecule has 0 aliphatic carbocycles. The first-order valence-corrected chi connectivity index (χ1v) is 8.06. The molecule has 0 radical (unpaired) electrons. The van der Waals surface area contributed by atoms with Crippen molar-refractivity contribution in [1.29, 1.82) is 0 Å². The van der Waals surface area contributed by atoms with Crippen LogP contribution < -0.4 is 10.5 Å². The summed E-state index contributed by atoms with van der Waals surface area (Å²) >= 11 is 0. The Hall–Kier alpha value is -1.06. The molecule has 0 fully saturated rings. The fourth-order valence-electron chi connectivity index (χ4n) is 1.56. The molecule has 0 spiro atoms. The number of nitrogens with two attached hydrogens (primary N) is 1. The molecule has 8 heteroatoms. The smallest absolute Gasteiger partial charge is 0.243 e. The van der Waals surface area contributed by atoms with Crippen LogP contribution in [0, 0.1) is 5.82 Å². The predicted molar refractivity (Wildman–Crippen MR) is 78.9 cm³/mol. The van der Waals surface area contributed by atoms with Gasteiger partial charge in [-0.1, -0.05) is 6.07 Å². The number of hydrogen-bond acceptors (Lipinski definition) is 5. The van der Waals surface area contributed by atoms with Gasteiger partial charge in [0, 0.05) is 19.6 Å². The van der Waals surface area contributed by atoms with Crippen molar-refractivity contribution in [3.63, 3.8) is 0 Å². The van der Waals surface area contributed by atoms with Crippen molar-refractivity contribution >= 4 is 10.0 Å². The van der Waals surface area contributed by atoms with Gasteiger partial charge in [0.25, 0.3) is 0 Å². The molecule has 0 aliphatic rings. The molecule has 1 rings (SSSR count). The van der Waals surface area contributed by atoms with Crippen molar-refractivity contribution in [3.05, 3.63) is 29.6 Å². The highest BCUT2D eigenvalue weighted by Crippen LogP contribution is 2.15. The van der Waals surface area contributed by atoms with E-state index in [4.69, 9.17) is 10.5 Å². The van der Waals surface area contributed by atoms with Gasteiger partial charge in [-0.2, -0.15) is 0 Å². The van der Waals surface area contributed by atoms with Crippen molar-refractivity contribution in [2.45, 2.75) is 11.4 Å². The van der Waals surface area contributed by atoms with Gasteiger partial charge < -0.3 is 15.4 Å². The Morgan fingerprint density at radius 3 is 2.67 bits per heavy atom. The second-order valence-corrected chi connectivity index (χ2v) is 6.52. The van der Waals surface area contributed by atoms with Gasteiger partial charge in [0.1, 0.15) is 10.7 Å². The number of benzene rings is 1. The van der Waals surface area contributed by atoms with Gasteiger partial charge in [0.2, 0.25) is 10.0 Å². The molecule has 1 aromatic carbocycles. The summed E-state index contributed by atoms with van der Waals surface area (Å²) in [4.78, 5) is 1.57. The number of ether oxygens (including phenoxy) is 1. The van der Waals surface area contributed by atoms with Gasteiger partial charge in [-0.25, -0.2) is 17.5 Å². The van der Waals surface area contributed by atoms with Gasteiger partial charge in [-0.15, -0.1) is 0 Å². The Labute approximate surface area is 125 Å². The molecular formula is C13H22FN3O3S. The van der Waals surface area contributed by atoms with Crippen LogP contribution in [0.1, 0.15) is 5.56 Å². The number of nitrogens with one attached hydrogen (secondary N) is 1. The summed E-state index contributed by atoms with van der Waals surface area (Å²) in [5.74, 6) is -0.798. The van der Waals surface area contributed by atoms with Crippen LogP contribution in [0.2, 0.25) is 0 Å². The molecule has 6 nitrogen and oxygen atoms in total.